The lowest BCUT2D eigenvalue weighted by atomic mass is 9.88. The molecule has 13 fully saturated rings. The zero-order chi connectivity index (χ0) is 85.4. The first-order valence-electron chi connectivity index (χ1n) is 49.1. The van der Waals surface area contributed by atoms with E-state index in [1.165, 1.54) is 316 Å². The molecule has 8 saturated heterocycles. The molecule has 13 aliphatic rings. The second kappa shape index (κ2) is 134. The number of piperidine rings is 1. The summed E-state index contributed by atoms with van der Waals surface area (Å²) in [5, 5.41) is 1.92. The van der Waals surface area contributed by atoms with Crippen molar-refractivity contribution >= 4 is 58.8 Å². The maximum absolute atomic E-state index is 2.39. The summed E-state index contributed by atoms with van der Waals surface area (Å²) in [5.41, 5.74) is 0. The lowest BCUT2D eigenvalue weighted by Gasteiger charge is -2.24. The maximum atomic E-state index is 2.39. The molecular weight excluding hydrogens is 1390 g/mol. The fraction of sp³-hybridized carbons (Fsp3) is 1.00. The summed E-state index contributed by atoms with van der Waals surface area (Å²) in [4.78, 5) is 7.06. The van der Waals surface area contributed by atoms with Gasteiger partial charge in [-0.15, -0.1) is 0 Å². The summed E-state index contributed by atoms with van der Waals surface area (Å²) < 4.78 is 0. The minimum atomic E-state index is 0.953. The quantitative estimate of drug-likeness (QED) is 0.219. The van der Waals surface area contributed by atoms with Gasteiger partial charge in [0.15, 0.2) is 0 Å². The summed E-state index contributed by atoms with van der Waals surface area (Å²) >= 11 is 10.5. The fourth-order valence-corrected chi connectivity index (χ4v) is 17.0. The molecule has 0 spiro atoms. The Kier molecular flexibility index (Phi) is 172. The first-order chi connectivity index (χ1) is 52.1. The highest BCUT2D eigenvalue weighted by atomic mass is 32.2. The molecule has 13 rings (SSSR count). The molecule has 5 saturated carbocycles. The van der Waals surface area contributed by atoms with Crippen molar-refractivity contribution in [2.75, 3.05) is 106 Å². The van der Waals surface area contributed by atoms with Crippen LogP contribution in [0.25, 0.3) is 0 Å². The second-order valence-corrected chi connectivity index (χ2v) is 35.2. The Labute approximate surface area is 712 Å². The highest BCUT2D eigenvalue weighted by Crippen LogP contribution is 2.29. The van der Waals surface area contributed by atoms with Gasteiger partial charge in [0.05, 0.1) is 0 Å². The van der Waals surface area contributed by atoms with E-state index in [1.807, 2.05) is 180 Å². The fourth-order valence-electron chi connectivity index (χ4n) is 11.1. The molecule has 0 bridgehead atoms. The van der Waals surface area contributed by atoms with Crippen LogP contribution in [0.15, 0.2) is 0 Å². The summed E-state index contributed by atoms with van der Waals surface area (Å²) in [5.74, 6) is 19.5. The van der Waals surface area contributed by atoms with Crippen LogP contribution in [0.2, 0.25) is 0 Å². The predicted molar refractivity (Wildman–Crippen MR) is 535 cm³/mol. The van der Waals surface area contributed by atoms with Crippen molar-refractivity contribution in [3.63, 3.8) is 0 Å². The Balaban J connectivity index is -0.0000000794. The molecule has 3 nitrogen and oxygen atoms in total. The third-order valence-electron chi connectivity index (χ3n) is 18.6. The van der Waals surface area contributed by atoms with E-state index in [1.54, 1.807) is 0 Å². The van der Waals surface area contributed by atoms with E-state index in [9.17, 15) is 0 Å². The van der Waals surface area contributed by atoms with Crippen molar-refractivity contribution < 1.29 is 0 Å². The maximum Gasteiger partial charge on any atom is 0.00190 e. The normalized spacial score (nSPS) is 22.0. The van der Waals surface area contributed by atoms with Gasteiger partial charge in [-0.05, 0) is 244 Å². The first-order valence-corrected chi connectivity index (χ1v) is 54.7. The molecule has 0 aromatic carbocycles. The minimum Gasteiger partial charge on any atom is -0.306 e. The number of rotatable bonds is 0. The number of nitrogens with zero attached hydrogens (tertiary/aromatic N) is 3. The largest absolute Gasteiger partial charge is 0.306 e. The average molecular weight is 1620 g/mol. The molecule has 0 radical (unpaired) electrons. The highest BCUT2D eigenvalue weighted by Gasteiger charge is 2.14. The number of thioether (sulfide) groups is 5. The lowest BCUT2D eigenvalue weighted by molar-refractivity contribution is 0.229. The van der Waals surface area contributed by atoms with Crippen LogP contribution in [0.5, 0.6) is 0 Å². The molecule has 0 aromatic rings. The minimum absolute atomic E-state index is 0.953. The van der Waals surface area contributed by atoms with Crippen LogP contribution in [-0.4, -0.2) is 132 Å². The number of hydrogen-bond acceptors (Lipinski definition) is 8. The SMILES string of the molecule is CC.CC.CC.CC.CC.CC.CC.CC.CC.CC.CC.CC.CC.CC1CC1.CC1CCC1.CC1CCCC1.CC1CCCCC1.CC1CCCCCC1.CC1CCCCS1.CC1CCCS1.CC1CCCSC1.CC1CCSC1.CC1CCSCC1.CN1CCC1.CN1CCCC1.CN1CCCCC1. The van der Waals surface area contributed by atoms with Crippen LogP contribution >= 0.6 is 58.8 Å². The van der Waals surface area contributed by atoms with Gasteiger partial charge in [0, 0.05) is 10.5 Å². The zero-order valence-electron chi connectivity index (χ0n) is 83.5. The Morgan fingerprint density at radius 1 is 0.168 bits per heavy atom. The monoisotopic (exact) mass is 1620 g/mol. The molecule has 0 aromatic heterocycles. The molecule has 8 heterocycles. The van der Waals surface area contributed by atoms with Crippen molar-refractivity contribution in [2.45, 2.75) is 491 Å². The van der Waals surface area contributed by atoms with Gasteiger partial charge < -0.3 is 14.7 Å². The molecule has 5 aliphatic carbocycles. The molecule has 668 valence electrons. The van der Waals surface area contributed by atoms with Crippen LogP contribution in [0, 0.1) is 47.3 Å². The topological polar surface area (TPSA) is 9.72 Å². The van der Waals surface area contributed by atoms with Gasteiger partial charge in [0.25, 0.3) is 0 Å². The molecule has 4 atom stereocenters. The first kappa shape index (κ1) is 138. The van der Waals surface area contributed by atoms with E-state index in [0.717, 1.165) is 57.8 Å². The third-order valence-corrected chi connectivity index (χ3v) is 25.0. The van der Waals surface area contributed by atoms with Gasteiger partial charge in [-0.25, -0.2) is 0 Å². The van der Waals surface area contributed by atoms with Crippen molar-refractivity contribution in [3.8, 4) is 0 Å². The van der Waals surface area contributed by atoms with E-state index < -0.39 is 0 Å². The number of likely N-dealkylation sites (tertiary alicyclic amines) is 3. The van der Waals surface area contributed by atoms with Gasteiger partial charge in [-0.3, -0.25) is 0 Å². The van der Waals surface area contributed by atoms with E-state index in [4.69, 9.17) is 0 Å². The molecule has 0 N–H and O–H groups in total. The van der Waals surface area contributed by atoms with Crippen LogP contribution in [0.3, 0.4) is 0 Å². The van der Waals surface area contributed by atoms with Crippen LogP contribution < -0.4 is 0 Å². The van der Waals surface area contributed by atoms with Gasteiger partial charge in [-0.1, -0.05) is 391 Å². The Morgan fingerprint density at radius 2 is 0.383 bits per heavy atom. The molecule has 8 heteroatoms. The lowest BCUT2D eigenvalue weighted by Crippen LogP contribution is -2.32. The molecule has 107 heavy (non-hydrogen) atoms. The summed E-state index contributed by atoms with van der Waals surface area (Å²) in [7, 11) is 6.51. The Morgan fingerprint density at radius 3 is 0.523 bits per heavy atom. The highest BCUT2D eigenvalue weighted by molar-refractivity contribution is 8.00. The van der Waals surface area contributed by atoms with Crippen LogP contribution in [0.1, 0.15) is 480 Å². The van der Waals surface area contributed by atoms with E-state index >= 15 is 0 Å². The molecular formula is C99H227N3S5. The van der Waals surface area contributed by atoms with Gasteiger partial charge in [0.2, 0.25) is 0 Å². The van der Waals surface area contributed by atoms with Gasteiger partial charge in [0.1, 0.15) is 0 Å². The molecule has 8 aliphatic heterocycles. The predicted octanol–water partition coefficient (Wildman–Crippen LogP) is 36.7. The van der Waals surface area contributed by atoms with Crippen molar-refractivity contribution in [1.29, 1.82) is 0 Å². The zero-order valence-corrected chi connectivity index (χ0v) is 87.6. The van der Waals surface area contributed by atoms with Crippen LogP contribution in [0.4, 0.5) is 0 Å². The molecule has 4 unspecified atom stereocenters. The van der Waals surface area contributed by atoms with Crippen molar-refractivity contribution in [1.82, 2.24) is 14.7 Å². The smallest absolute Gasteiger partial charge is 0.00190 e. The van der Waals surface area contributed by atoms with Crippen molar-refractivity contribution in [3.05, 3.63) is 0 Å². The van der Waals surface area contributed by atoms with Gasteiger partial charge in [-0.2, -0.15) is 58.8 Å². The van der Waals surface area contributed by atoms with E-state index in [2.05, 4.69) is 164 Å². The van der Waals surface area contributed by atoms with Crippen LogP contribution in [-0.2, 0) is 0 Å². The standard InChI is InChI=1S/C8H16.C7H14.C6H13N.3C6H12S.C6H12.C5H11N.2C5H10S.C5H10.C4H9N.C4H8.13C2H6/c1-8-6-4-2-3-5-7-8;2*1-7-5-3-2-4-6-7;1-6-2-4-7-5-3-6;1-6-3-2-4-7-5-6;1-6-4-2-3-5-7-6;2*1-6-4-2-3-5-6;1-5-2-3-6-4-5;1-5-3-2-4-6-5;2*1-5-3-2-4-5;1-4-2-3-4;13*1-2/h8H,2-7H2,1H3;7H,2-6H2,1H3;2-6H2,1H3;3*6H,2-5H2,1H3;6H,2-5H2,1H3;2-5H2,1H3;2*5H,2-4H2,1H3;5H,2-4H2,1H3;2-4H2,1H3;4H,2-3H2,1H3;13*1-2H3. The summed E-state index contributed by atoms with van der Waals surface area (Å²) in [6, 6.07) is 0. The van der Waals surface area contributed by atoms with Gasteiger partial charge >= 0.3 is 0 Å². The second-order valence-electron chi connectivity index (χ2n) is 28.6. The summed E-state index contributed by atoms with van der Waals surface area (Å²) in [6.45, 7) is 83.2. The van der Waals surface area contributed by atoms with E-state index in [-0.39, 0.29) is 0 Å². The molecule has 0 amide bonds. The van der Waals surface area contributed by atoms with E-state index in [0.29, 0.717) is 0 Å². The Bertz CT molecular complexity index is 1050. The summed E-state index contributed by atoms with van der Waals surface area (Å²) in [6.07, 6.45) is 52.8. The number of hydrogen-bond donors (Lipinski definition) is 0. The average Bonchev–Trinajstić information content (AvgIpc) is 1.96. The van der Waals surface area contributed by atoms with Crippen molar-refractivity contribution in [2.24, 2.45) is 47.3 Å². The third kappa shape index (κ3) is 137. The Hall–Kier alpha value is 1.63.